The molecule has 0 aromatic heterocycles. The van der Waals surface area contributed by atoms with Crippen LogP contribution in [-0.4, -0.2) is 30.2 Å². The van der Waals surface area contributed by atoms with E-state index in [1.807, 2.05) is 0 Å². The first-order valence-electron chi connectivity index (χ1n) is 3.76. The third-order valence-electron chi connectivity index (χ3n) is 1.87. The van der Waals surface area contributed by atoms with Gasteiger partial charge in [-0.1, -0.05) is 5.16 Å². The highest BCUT2D eigenvalue weighted by Gasteiger charge is 2.42. The van der Waals surface area contributed by atoms with Crippen molar-refractivity contribution in [3.63, 3.8) is 0 Å². The molecule has 0 aliphatic carbocycles. The lowest BCUT2D eigenvalue weighted by atomic mass is 9.99. The number of carbonyl (C=O) groups excluding carboxylic acids is 2. The van der Waals surface area contributed by atoms with Gasteiger partial charge in [-0.15, -0.1) is 0 Å². The van der Waals surface area contributed by atoms with Crippen LogP contribution in [0.1, 0.15) is 13.3 Å². The Morgan fingerprint density at radius 1 is 1.69 bits per heavy atom. The van der Waals surface area contributed by atoms with Gasteiger partial charge < -0.3 is 15.9 Å². The zero-order chi connectivity index (χ0) is 10.1. The van der Waals surface area contributed by atoms with Crippen molar-refractivity contribution in [3.05, 3.63) is 0 Å². The topological polar surface area (TPSA) is 93.8 Å². The molecule has 0 saturated carbocycles. The third kappa shape index (κ3) is 1.61. The highest BCUT2D eigenvalue weighted by Crippen LogP contribution is 2.22. The Morgan fingerprint density at radius 3 is 2.69 bits per heavy atom. The zero-order valence-corrected chi connectivity index (χ0v) is 7.46. The smallest absolute Gasteiger partial charge is 0.268 e. The predicted octanol–water partition coefficient (Wildman–Crippen LogP) is -1.25. The van der Waals surface area contributed by atoms with E-state index in [-0.39, 0.29) is 18.0 Å². The summed E-state index contributed by atoms with van der Waals surface area (Å²) < 4.78 is 0. The molecule has 72 valence electrons. The first-order valence-corrected chi connectivity index (χ1v) is 3.76. The maximum absolute atomic E-state index is 11.1. The van der Waals surface area contributed by atoms with E-state index in [0.29, 0.717) is 0 Å². The van der Waals surface area contributed by atoms with Crippen LogP contribution >= 0.6 is 0 Å². The Labute approximate surface area is 75.1 Å². The summed E-state index contributed by atoms with van der Waals surface area (Å²) in [4.78, 5) is 26.7. The first kappa shape index (κ1) is 9.50. The summed E-state index contributed by atoms with van der Waals surface area (Å²) >= 11 is 0. The van der Waals surface area contributed by atoms with E-state index >= 15 is 0 Å². The maximum Gasteiger partial charge on any atom is 0.268 e. The van der Waals surface area contributed by atoms with E-state index < -0.39 is 11.5 Å². The number of rotatable bonds is 2. The summed E-state index contributed by atoms with van der Waals surface area (Å²) in [6.45, 7) is 1.49. The van der Waals surface area contributed by atoms with Crippen LogP contribution in [0.5, 0.6) is 0 Å². The molecule has 1 rings (SSSR count). The van der Waals surface area contributed by atoms with E-state index in [4.69, 9.17) is 10.6 Å². The van der Waals surface area contributed by atoms with Crippen molar-refractivity contribution in [1.29, 1.82) is 0 Å². The Balaban J connectivity index is 2.71. The van der Waals surface area contributed by atoms with Gasteiger partial charge >= 0.3 is 0 Å². The molecule has 0 aromatic carbocycles. The van der Waals surface area contributed by atoms with Crippen molar-refractivity contribution in [3.8, 4) is 0 Å². The van der Waals surface area contributed by atoms with Gasteiger partial charge in [0.25, 0.3) is 11.8 Å². The molecule has 0 bridgehead atoms. The van der Waals surface area contributed by atoms with E-state index in [1.54, 1.807) is 0 Å². The van der Waals surface area contributed by atoms with Crippen molar-refractivity contribution >= 4 is 17.5 Å². The fourth-order valence-corrected chi connectivity index (χ4v) is 0.938. The van der Waals surface area contributed by atoms with Gasteiger partial charge in [0.05, 0.1) is 6.42 Å². The Kier molecular flexibility index (Phi) is 2.22. The van der Waals surface area contributed by atoms with Crippen LogP contribution in [0.4, 0.5) is 0 Å². The second kappa shape index (κ2) is 3.04. The molecule has 0 fully saturated rings. The quantitative estimate of drug-likeness (QED) is 0.563. The van der Waals surface area contributed by atoms with Gasteiger partial charge in [0.2, 0.25) is 5.60 Å². The van der Waals surface area contributed by atoms with Gasteiger partial charge in [-0.3, -0.25) is 9.59 Å². The van der Waals surface area contributed by atoms with Gasteiger partial charge in [0.1, 0.15) is 5.71 Å². The number of primary amides is 1. The van der Waals surface area contributed by atoms with Crippen molar-refractivity contribution in [2.24, 2.45) is 10.9 Å². The van der Waals surface area contributed by atoms with E-state index in [2.05, 4.69) is 10.5 Å². The molecule has 6 nitrogen and oxygen atoms in total. The largest absolute Gasteiger partial charge is 0.379 e. The number of hydrogen-bond acceptors (Lipinski definition) is 4. The van der Waals surface area contributed by atoms with Gasteiger partial charge in [-0.2, -0.15) is 0 Å². The molecule has 1 aliphatic heterocycles. The highest BCUT2D eigenvalue weighted by atomic mass is 16.7. The number of oxime groups is 1. The van der Waals surface area contributed by atoms with Crippen LogP contribution in [-0.2, 0) is 14.4 Å². The van der Waals surface area contributed by atoms with Gasteiger partial charge in [-0.05, 0) is 6.92 Å². The van der Waals surface area contributed by atoms with E-state index in [0.717, 1.165) is 0 Å². The van der Waals surface area contributed by atoms with Crippen molar-refractivity contribution in [2.45, 2.75) is 18.9 Å². The number of carbonyl (C=O) groups is 2. The average molecular weight is 185 g/mol. The molecule has 0 saturated heterocycles. The Morgan fingerprint density at radius 2 is 2.31 bits per heavy atom. The number of nitrogens with one attached hydrogen (secondary N) is 1. The molecule has 0 aromatic rings. The van der Waals surface area contributed by atoms with Crippen LogP contribution in [0.2, 0.25) is 0 Å². The summed E-state index contributed by atoms with van der Waals surface area (Å²) in [6, 6.07) is 0. The Hall–Kier alpha value is -1.59. The lowest BCUT2D eigenvalue weighted by molar-refractivity contribution is -0.138. The summed E-state index contributed by atoms with van der Waals surface area (Å²) in [6.07, 6.45) is 0.113. The van der Waals surface area contributed by atoms with Gasteiger partial charge in [0.15, 0.2) is 0 Å². The van der Waals surface area contributed by atoms with Crippen LogP contribution in [0.25, 0.3) is 0 Å². The predicted molar refractivity (Wildman–Crippen MR) is 44.8 cm³/mol. The van der Waals surface area contributed by atoms with E-state index in [1.165, 1.54) is 14.0 Å². The minimum Gasteiger partial charge on any atom is -0.379 e. The molecule has 1 aliphatic rings. The van der Waals surface area contributed by atoms with Crippen LogP contribution < -0.4 is 11.1 Å². The molecule has 13 heavy (non-hydrogen) atoms. The summed E-state index contributed by atoms with van der Waals surface area (Å²) in [5.41, 5.74) is 4.07. The molecule has 2 amide bonds. The molecule has 1 atom stereocenters. The highest BCUT2D eigenvalue weighted by molar-refractivity contribution is 6.39. The van der Waals surface area contributed by atoms with Crippen molar-refractivity contribution in [1.82, 2.24) is 5.32 Å². The number of amides is 2. The lowest BCUT2D eigenvalue weighted by Crippen LogP contribution is -2.42. The average Bonchev–Trinajstić information content (AvgIpc) is 2.48. The molecular weight excluding hydrogens is 174 g/mol. The summed E-state index contributed by atoms with van der Waals surface area (Å²) in [7, 11) is 1.48. The van der Waals surface area contributed by atoms with Crippen LogP contribution in [0.15, 0.2) is 5.16 Å². The normalized spacial score (nSPS) is 26.2. The standard InChI is InChI=1S/C7H11N3O3/c1-7(6(8)12)3-4(10-13-7)5(11)9-2/h3H2,1-2H3,(H2,8,12)(H,9,11). The number of hydrogen-bond donors (Lipinski definition) is 2. The SMILES string of the molecule is CNC(=O)C1=NOC(C)(C(N)=O)C1. The third-order valence-corrected chi connectivity index (χ3v) is 1.87. The molecular formula is C7H11N3O3. The number of nitrogens with zero attached hydrogens (tertiary/aromatic N) is 1. The lowest BCUT2D eigenvalue weighted by Gasteiger charge is -2.15. The molecule has 0 radical (unpaired) electrons. The maximum atomic E-state index is 11.1. The number of nitrogens with two attached hydrogens (primary N) is 1. The van der Waals surface area contributed by atoms with Crippen molar-refractivity contribution < 1.29 is 14.4 Å². The summed E-state index contributed by atoms with van der Waals surface area (Å²) in [5, 5.41) is 5.87. The minimum absolute atomic E-state index is 0.113. The van der Waals surface area contributed by atoms with Crippen LogP contribution in [0.3, 0.4) is 0 Å². The van der Waals surface area contributed by atoms with E-state index in [9.17, 15) is 9.59 Å². The molecule has 1 heterocycles. The van der Waals surface area contributed by atoms with Gasteiger partial charge in [-0.25, -0.2) is 0 Å². The minimum atomic E-state index is -1.18. The van der Waals surface area contributed by atoms with Gasteiger partial charge in [0, 0.05) is 7.05 Å². The van der Waals surface area contributed by atoms with Crippen LogP contribution in [0, 0.1) is 0 Å². The second-order valence-electron chi connectivity index (χ2n) is 2.98. The Bertz CT molecular complexity index is 287. The summed E-state index contributed by atoms with van der Waals surface area (Å²) in [5.74, 6) is -0.986. The molecule has 6 heteroatoms. The fraction of sp³-hybridized carbons (Fsp3) is 0.571. The molecule has 0 spiro atoms. The van der Waals surface area contributed by atoms with Crippen molar-refractivity contribution in [2.75, 3.05) is 7.05 Å². The monoisotopic (exact) mass is 185 g/mol. The molecule has 1 unspecified atom stereocenters. The fourth-order valence-electron chi connectivity index (χ4n) is 0.938. The zero-order valence-electron chi connectivity index (χ0n) is 7.46. The molecule has 3 N–H and O–H groups in total. The second-order valence-corrected chi connectivity index (χ2v) is 2.98. The first-order chi connectivity index (χ1) is 5.99.